The van der Waals surface area contributed by atoms with Crippen LogP contribution in [-0.4, -0.2) is 32.4 Å². The van der Waals surface area contributed by atoms with Crippen molar-refractivity contribution in [3.05, 3.63) is 54.0 Å². The van der Waals surface area contributed by atoms with Gasteiger partial charge < -0.3 is 14.5 Å². The highest BCUT2D eigenvalue weighted by Gasteiger charge is 2.28. The Bertz CT molecular complexity index is 919. The number of carbonyl (C=O) groups excluding carboxylic acids is 2. The average molecular weight is 392 g/mol. The molecule has 144 valence electrons. The maximum absolute atomic E-state index is 12.3. The molecule has 1 aromatic heterocycles. The lowest BCUT2D eigenvalue weighted by Crippen LogP contribution is -2.35. The number of furan rings is 1. The number of rotatable bonds is 8. The van der Waals surface area contributed by atoms with Crippen molar-refractivity contribution in [3.63, 3.8) is 0 Å². The van der Waals surface area contributed by atoms with Crippen LogP contribution in [-0.2, 0) is 26.1 Å². The Morgan fingerprint density at radius 1 is 1.26 bits per heavy atom. The predicted octanol–water partition coefficient (Wildman–Crippen LogP) is 1.58. The lowest BCUT2D eigenvalue weighted by atomic mass is 10.2. The van der Waals surface area contributed by atoms with E-state index in [0.717, 1.165) is 12.8 Å². The summed E-state index contributed by atoms with van der Waals surface area (Å²) >= 11 is 0. The van der Waals surface area contributed by atoms with Gasteiger partial charge in [0.05, 0.1) is 23.3 Å². The van der Waals surface area contributed by atoms with Crippen molar-refractivity contribution in [1.29, 1.82) is 0 Å². The molecule has 0 spiro atoms. The van der Waals surface area contributed by atoms with Crippen molar-refractivity contribution in [2.45, 2.75) is 43.4 Å². The lowest BCUT2D eigenvalue weighted by molar-refractivity contribution is -0.129. The molecule has 1 atom stereocenters. The first-order valence-corrected chi connectivity index (χ1v) is 9.97. The fourth-order valence-corrected chi connectivity index (χ4v) is 3.64. The second-order valence-electron chi connectivity index (χ2n) is 6.27. The van der Waals surface area contributed by atoms with Gasteiger partial charge in [0.25, 0.3) is 5.91 Å². The molecule has 0 aliphatic heterocycles. The number of ether oxygens (including phenoxy) is 1. The second kappa shape index (κ2) is 7.93. The minimum atomic E-state index is -3.68. The molecular weight excluding hydrogens is 372 g/mol. The summed E-state index contributed by atoms with van der Waals surface area (Å²) in [4.78, 5) is 24.3. The first-order valence-electron chi connectivity index (χ1n) is 8.48. The van der Waals surface area contributed by atoms with Crippen LogP contribution in [0.4, 0.5) is 0 Å². The van der Waals surface area contributed by atoms with E-state index in [1.165, 1.54) is 37.5 Å². The van der Waals surface area contributed by atoms with Crippen molar-refractivity contribution in [1.82, 2.24) is 10.0 Å². The third kappa shape index (κ3) is 5.18. The Morgan fingerprint density at radius 2 is 2.04 bits per heavy atom. The van der Waals surface area contributed by atoms with E-state index in [1.54, 1.807) is 12.1 Å². The van der Waals surface area contributed by atoms with E-state index >= 15 is 0 Å². The first kappa shape index (κ1) is 19.1. The molecule has 1 amide bonds. The third-order valence-corrected chi connectivity index (χ3v) is 5.47. The molecule has 2 N–H and O–H groups in total. The molecule has 2 aromatic rings. The Hall–Kier alpha value is -2.65. The normalized spacial score (nSPS) is 15.1. The topological polar surface area (TPSA) is 115 Å². The molecule has 1 unspecified atom stereocenters. The number of hydrogen-bond acceptors (Lipinski definition) is 6. The van der Waals surface area contributed by atoms with Gasteiger partial charge >= 0.3 is 5.97 Å². The average Bonchev–Trinajstić information content (AvgIpc) is 3.29. The van der Waals surface area contributed by atoms with E-state index in [1.807, 2.05) is 0 Å². The Labute approximate surface area is 156 Å². The highest BCUT2D eigenvalue weighted by atomic mass is 32.2. The molecule has 9 heteroatoms. The van der Waals surface area contributed by atoms with Crippen LogP contribution in [0.5, 0.6) is 0 Å². The smallest absolute Gasteiger partial charge is 0.338 e. The molecule has 1 saturated carbocycles. The predicted molar refractivity (Wildman–Crippen MR) is 95.2 cm³/mol. The monoisotopic (exact) mass is 392 g/mol. The van der Waals surface area contributed by atoms with Crippen LogP contribution in [0.25, 0.3) is 0 Å². The van der Waals surface area contributed by atoms with Gasteiger partial charge in [0.2, 0.25) is 10.0 Å². The van der Waals surface area contributed by atoms with Gasteiger partial charge in [-0.15, -0.1) is 0 Å². The molecule has 1 heterocycles. The Balaban J connectivity index is 1.59. The van der Waals surface area contributed by atoms with Gasteiger partial charge in [0, 0.05) is 6.04 Å². The van der Waals surface area contributed by atoms with Crippen LogP contribution >= 0.6 is 0 Å². The molecule has 1 aromatic carbocycles. The summed E-state index contributed by atoms with van der Waals surface area (Å²) in [5.74, 6) is -0.694. The Kier molecular flexibility index (Phi) is 5.62. The highest BCUT2D eigenvalue weighted by Crippen LogP contribution is 2.22. The molecule has 3 rings (SSSR count). The van der Waals surface area contributed by atoms with Crippen molar-refractivity contribution >= 4 is 21.9 Å². The van der Waals surface area contributed by atoms with Gasteiger partial charge in [0.15, 0.2) is 6.10 Å². The number of nitrogens with one attached hydrogen (secondary N) is 2. The summed E-state index contributed by atoms with van der Waals surface area (Å²) in [5, 5.41) is 2.59. The molecule has 27 heavy (non-hydrogen) atoms. The zero-order chi connectivity index (χ0) is 19.4. The third-order valence-electron chi connectivity index (χ3n) is 3.95. The van der Waals surface area contributed by atoms with Crippen molar-refractivity contribution < 1.29 is 27.2 Å². The zero-order valence-corrected chi connectivity index (χ0v) is 15.5. The number of amides is 1. The van der Waals surface area contributed by atoms with Crippen molar-refractivity contribution in [3.8, 4) is 0 Å². The van der Waals surface area contributed by atoms with E-state index < -0.39 is 28.0 Å². The molecule has 0 bridgehead atoms. The molecule has 0 radical (unpaired) electrons. The summed E-state index contributed by atoms with van der Waals surface area (Å²) in [7, 11) is -3.68. The van der Waals surface area contributed by atoms with Gasteiger partial charge in [-0.3, -0.25) is 4.79 Å². The standard InChI is InChI=1S/C18H20N2O6S/c1-12(17(21)19-11-15-5-3-9-25-15)26-18(22)13-4-2-6-16(10-13)27(23,24)20-14-7-8-14/h2-6,9-10,12,14,20H,7-8,11H2,1H3,(H,19,21). The SMILES string of the molecule is CC(OC(=O)c1cccc(S(=O)(=O)NC2CC2)c1)C(=O)NCc1ccco1. The van der Waals surface area contributed by atoms with Crippen LogP contribution in [0.1, 0.15) is 35.9 Å². The summed E-state index contributed by atoms with van der Waals surface area (Å²) in [6.07, 6.45) is 2.07. The summed E-state index contributed by atoms with van der Waals surface area (Å²) in [6.45, 7) is 1.61. The van der Waals surface area contributed by atoms with E-state index in [-0.39, 0.29) is 23.0 Å². The van der Waals surface area contributed by atoms with Gasteiger partial charge in [-0.2, -0.15) is 0 Å². The van der Waals surface area contributed by atoms with Gasteiger partial charge in [-0.25, -0.2) is 17.9 Å². The molecule has 1 aliphatic carbocycles. The quantitative estimate of drug-likeness (QED) is 0.659. The zero-order valence-electron chi connectivity index (χ0n) is 14.7. The first-order chi connectivity index (χ1) is 12.8. The number of esters is 1. The Morgan fingerprint density at radius 3 is 2.70 bits per heavy atom. The largest absolute Gasteiger partial charge is 0.467 e. The molecule has 1 fully saturated rings. The van der Waals surface area contributed by atoms with Gasteiger partial charge in [0.1, 0.15) is 5.76 Å². The van der Waals surface area contributed by atoms with Crippen LogP contribution in [0.2, 0.25) is 0 Å². The number of benzene rings is 1. The van der Waals surface area contributed by atoms with Crippen molar-refractivity contribution in [2.75, 3.05) is 0 Å². The van der Waals surface area contributed by atoms with Crippen LogP contribution < -0.4 is 10.0 Å². The molecule has 1 aliphatic rings. The van der Waals surface area contributed by atoms with Crippen LogP contribution in [0, 0.1) is 0 Å². The fraction of sp³-hybridized carbons (Fsp3) is 0.333. The van der Waals surface area contributed by atoms with Crippen molar-refractivity contribution in [2.24, 2.45) is 0 Å². The minimum absolute atomic E-state index is 0.0150. The summed E-state index contributed by atoms with van der Waals surface area (Å²) in [5.41, 5.74) is 0.0550. The van der Waals surface area contributed by atoms with E-state index in [2.05, 4.69) is 10.0 Å². The maximum atomic E-state index is 12.3. The summed E-state index contributed by atoms with van der Waals surface area (Å²) < 4.78 is 37.3. The second-order valence-corrected chi connectivity index (χ2v) is 7.98. The summed E-state index contributed by atoms with van der Waals surface area (Å²) in [6, 6.07) is 8.90. The minimum Gasteiger partial charge on any atom is -0.467 e. The van der Waals surface area contributed by atoms with E-state index in [0.29, 0.717) is 5.76 Å². The molecule has 8 nitrogen and oxygen atoms in total. The van der Waals surface area contributed by atoms with Crippen LogP contribution in [0.3, 0.4) is 0 Å². The van der Waals surface area contributed by atoms with E-state index in [9.17, 15) is 18.0 Å². The highest BCUT2D eigenvalue weighted by molar-refractivity contribution is 7.89. The maximum Gasteiger partial charge on any atom is 0.338 e. The van der Waals surface area contributed by atoms with Crippen LogP contribution in [0.15, 0.2) is 52.0 Å². The van der Waals surface area contributed by atoms with Gasteiger partial charge in [-0.05, 0) is 50.1 Å². The van der Waals surface area contributed by atoms with Gasteiger partial charge in [-0.1, -0.05) is 6.07 Å². The number of sulfonamides is 1. The number of hydrogen-bond donors (Lipinski definition) is 2. The van der Waals surface area contributed by atoms with E-state index in [4.69, 9.17) is 9.15 Å². The molecule has 0 saturated heterocycles. The lowest BCUT2D eigenvalue weighted by Gasteiger charge is -2.13. The molecular formula is C18H20N2O6S. The number of carbonyl (C=O) groups is 2. The fourth-order valence-electron chi connectivity index (χ4n) is 2.29.